The molecule has 3 rings (SSSR count). The van der Waals surface area contributed by atoms with Gasteiger partial charge in [0.15, 0.2) is 9.84 Å². The third-order valence-electron chi connectivity index (χ3n) is 4.98. The zero-order valence-electron chi connectivity index (χ0n) is 14.5. The smallest absolute Gasteiger partial charge is 0.548 e. The summed E-state index contributed by atoms with van der Waals surface area (Å²) in [5.74, 6) is -2.04. The number of amides is 1. The maximum atomic E-state index is 12.8. The van der Waals surface area contributed by atoms with Gasteiger partial charge in [-0.25, -0.2) is 13.1 Å². The Morgan fingerprint density at radius 3 is 2.72 bits per heavy atom. The van der Waals surface area contributed by atoms with Gasteiger partial charge in [0.1, 0.15) is 10.1 Å². The maximum Gasteiger partial charge on any atom is 1.00 e. The predicted octanol–water partition coefficient (Wildman–Crippen LogP) is -4.51. The second kappa shape index (κ2) is 6.98. The summed E-state index contributed by atoms with van der Waals surface area (Å²) >= 11 is 0. The molecule has 3 atom stereocenters. The van der Waals surface area contributed by atoms with Gasteiger partial charge in [0, 0.05) is 0 Å². The number of carbonyl (C=O) groups excluding carboxylic acids is 2. The van der Waals surface area contributed by atoms with Gasteiger partial charge >= 0.3 is 29.6 Å². The molecule has 11 heteroatoms. The average molecular weight is 378 g/mol. The number of aryl methyl sites for hydroxylation is 1. The Morgan fingerprint density at radius 1 is 1.48 bits per heavy atom. The van der Waals surface area contributed by atoms with Crippen LogP contribution in [-0.4, -0.2) is 56.4 Å². The van der Waals surface area contributed by atoms with Crippen molar-refractivity contribution in [3.05, 3.63) is 11.9 Å². The van der Waals surface area contributed by atoms with Crippen molar-refractivity contribution in [3.63, 3.8) is 0 Å². The SMILES string of the molecule is CCCCc1cnnn1C[C@@]1(C)[C@H](C(=O)[O-])N2C(=O)C[C@@H]2S1(=O)=O.[Na+]. The van der Waals surface area contributed by atoms with E-state index < -0.39 is 37.9 Å². The molecule has 25 heavy (non-hydrogen) atoms. The van der Waals surface area contributed by atoms with E-state index in [0.717, 1.165) is 23.4 Å². The third-order valence-corrected chi connectivity index (χ3v) is 7.75. The Bertz CT molecular complexity index is 795. The van der Waals surface area contributed by atoms with Crippen molar-refractivity contribution in [2.75, 3.05) is 0 Å². The van der Waals surface area contributed by atoms with E-state index in [9.17, 15) is 23.1 Å². The summed E-state index contributed by atoms with van der Waals surface area (Å²) in [5, 5.41) is 18.2. The number of aromatic nitrogens is 3. The Labute approximate surface area is 168 Å². The summed E-state index contributed by atoms with van der Waals surface area (Å²) in [6.45, 7) is 3.20. The molecule has 3 heterocycles. The van der Waals surface area contributed by atoms with E-state index in [-0.39, 0.29) is 42.5 Å². The summed E-state index contributed by atoms with van der Waals surface area (Å²) in [6, 6.07) is -1.52. The van der Waals surface area contributed by atoms with Crippen LogP contribution in [0.4, 0.5) is 0 Å². The number of carboxylic acids is 1. The Kier molecular flexibility index (Phi) is 5.68. The van der Waals surface area contributed by atoms with E-state index in [1.165, 1.54) is 11.6 Å². The molecular weight excluding hydrogens is 359 g/mol. The van der Waals surface area contributed by atoms with Crippen LogP contribution in [0, 0.1) is 0 Å². The van der Waals surface area contributed by atoms with Crippen LogP contribution in [-0.2, 0) is 32.4 Å². The quantitative estimate of drug-likeness (QED) is 0.361. The molecule has 1 amide bonds. The van der Waals surface area contributed by atoms with E-state index in [0.29, 0.717) is 6.42 Å². The number of unbranched alkanes of at least 4 members (excludes halogenated alkanes) is 1. The summed E-state index contributed by atoms with van der Waals surface area (Å²) in [5.41, 5.74) is 0.742. The van der Waals surface area contributed by atoms with Crippen LogP contribution < -0.4 is 34.7 Å². The fraction of sp³-hybridized carbons (Fsp3) is 0.714. The second-order valence-electron chi connectivity index (χ2n) is 6.53. The Hall–Kier alpha value is -0.970. The Morgan fingerprint density at radius 2 is 2.16 bits per heavy atom. The number of sulfone groups is 1. The van der Waals surface area contributed by atoms with Gasteiger partial charge in [0.05, 0.1) is 36.9 Å². The number of β-lactam (4-membered cyclic amide) rings is 1. The van der Waals surface area contributed by atoms with Gasteiger partial charge < -0.3 is 14.8 Å². The number of fused-ring (bicyclic) bond motifs is 1. The van der Waals surface area contributed by atoms with Crippen LogP contribution in [0.15, 0.2) is 6.20 Å². The van der Waals surface area contributed by atoms with Crippen LogP contribution in [0.25, 0.3) is 0 Å². The molecule has 9 nitrogen and oxygen atoms in total. The normalized spacial score (nSPS) is 29.7. The monoisotopic (exact) mass is 378 g/mol. The number of aliphatic carboxylic acids is 1. The minimum atomic E-state index is -3.87. The fourth-order valence-electron chi connectivity index (χ4n) is 3.53. The van der Waals surface area contributed by atoms with Crippen LogP contribution >= 0.6 is 0 Å². The Balaban J connectivity index is 0.00000225. The number of nitrogens with zero attached hydrogens (tertiary/aromatic N) is 4. The number of carboxylic acid groups (broad SMARTS) is 1. The molecule has 2 fully saturated rings. The number of carbonyl (C=O) groups is 2. The van der Waals surface area contributed by atoms with Crippen molar-refractivity contribution in [2.45, 2.75) is 62.2 Å². The third kappa shape index (κ3) is 2.92. The minimum Gasteiger partial charge on any atom is -0.548 e. The van der Waals surface area contributed by atoms with E-state index in [1.54, 1.807) is 6.20 Å². The maximum absolute atomic E-state index is 12.8. The molecule has 2 aliphatic rings. The van der Waals surface area contributed by atoms with Gasteiger partial charge in [0.2, 0.25) is 5.91 Å². The fourth-order valence-corrected chi connectivity index (χ4v) is 5.88. The van der Waals surface area contributed by atoms with Crippen LogP contribution in [0.3, 0.4) is 0 Å². The van der Waals surface area contributed by atoms with Crippen molar-refractivity contribution in [2.24, 2.45) is 0 Å². The molecule has 0 aromatic carbocycles. The first-order valence-corrected chi connectivity index (χ1v) is 9.41. The molecule has 0 aliphatic carbocycles. The minimum absolute atomic E-state index is 0. The van der Waals surface area contributed by atoms with Gasteiger partial charge in [-0.1, -0.05) is 18.6 Å². The molecule has 0 unspecified atom stereocenters. The molecular formula is C14H19N4NaO5S. The molecule has 1 aromatic heterocycles. The van der Waals surface area contributed by atoms with Crippen molar-refractivity contribution in [1.82, 2.24) is 19.9 Å². The number of rotatable bonds is 6. The summed E-state index contributed by atoms with van der Waals surface area (Å²) in [4.78, 5) is 24.3. The molecule has 0 N–H and O–H groups in total. The standard InChI is InChI=1S/C14H20N4O5S.Na/c1-3-4-5-9-7-15-16-17(9)8-14(2)12(13(20)21)18-10(19)6-11(18)24(14,22)23;/h7,11-12H,3-6,8H2,1-2H3,(H,20,21);/q;+1/p-1/t11-,12-,14-;/m0./s1. The first kappa shape index (κ1) is 20.3. The van der Waals surface area contributed by atoms with Gasteiger partial charge in [-0.15, -0.1) is 5.10 Å². The zero-order valence-corrected chi connectivity index (χ0v) is 17.3. The van der Waals surface area contributed by atoms with Gasteiger partial charge in [-0.2, -0.15) is 0 Å². The van der Waals surface area contributed by atoms with Crippen LogP contribution in [0.1, 0.15) is 38.8 Å². The molecule has 1 aromatic rings. The largest absolute Gasteiger partial charge is 1.00 e. The van der Waals surface area contributed by atoms with Crippen molar-refractivity contribution in [1.29, 1.82) is 0 Å². The van der Waals surface area contributed by atoms with E-state index in [1.807, 2.05) is 6.92 Å². The predicted molar refractivity (Wildman–Crippen MR) is 80.0 cm³/mol. The number of hydrogen-bond donors (Lipinski definition) is 0. The molecule has 2 aliphatic heterocycles. The van der Waals surface area contributed by atoms with E-state index in [2.05, 4.69) is 10.3 Å². The van der Waals surface area contributed by atoms with Gasteiger partial charge in [-0.05, 0) is 19.8 Å². The summed E-state index contributed by atoms with van der Waals surface area (Å²) < 4.78 is 25.4. The molecule has 0 radical (unpaired) electrons. The topological polar surface area (TPSA) is 125 Å². The first-order valence-electron chi connectivity index (χ1n) is 7.87. The second-order valence-corrected chi connectivity index (χ2v) is 9.09. The average Bonchev–Trinajstić information content (AvgIpc) is 2.98. The van der Waals surface area contributed by atoms with Gasteiger partial charge in [0.25, 0.3) is 0 Å². The van der Waals surface area contributed by atoms with Crippen molar-refractivity contribution in [3.8, 4) is 0 Å². The molecule has 0 saturated carbocycles. The van der Waals surface area contributed by atoms with Crippen molar-refractivity contribution >= 4 is 21.7 Å². The van der Waals surface area contributed by atoms with Gasteiger partial charge in [-0.3, -0.25) is 4.79 Å². The molecule has 0 bridgehead atoms. The molecule has 2 saturated heterocycles. The summed E-state index contributed by atoms with van der Waals surface area (Å²) in [6.07, 6.45) is 3.87. The zero-order chi connectivity index (χ0) is 17.7. The summed E-state index contributed by atoms with van der Waals surface area (Å²) in [7, 11) is -3.87. The van der Waals surface area contributed by atoms with Crippen LogP contribution in [0.2, 0.25) is 0 Å². The molecule has 0 spiro atoms. The molecule has 132 valence electrons. The van der Waals surface area contributed by atoms with Crippen LogP contribution in [0.5, 0.6) is 0 Å². The van der Waals surface area contributed by atoms with Crippen molar-refractivity contribution < 1.29 is 52.7 Å². The first-order chi connectivity index (χ1) is 11.2. The van der Waals surface area contributed by atoms with E-state index >= 15 is 0 Å². The van der Waals surface area contributed by atoms with E-state index in [4.69, 9.17) is 0 Å². The number of hydrogen-bond acceptors (Lipinski definition) is 7.